The minimum atomic E-state index is -0.214. The zero-order chi connectivity index (χ0) is 19.4. The van der Waals surface area contributed by atoms with Gasteiger partial charge in [0.2, 0.25) is 0 Å². The highest BCUT2D eigenvalue weighted by Gasteiger charge is 2.22. The predicted octanol–water partition coefficient (Wildman–Crippen LogP) is 3.58. The summed E-state index contributed by atoms with van der Waals surface area (Å²) >= 11 is 0. The Kier molecular flexibility index (Phi) is 5.35. The van der Waals surface area contributed by atoms with Gasteiger partial charge >= 0.3 is 0 Å². The lowest BCUT2D eigenvalue weighted by Crippen LogP contribution is -2.30. The maximum Gasteiger partial charge on any atom is 0.252 e. The molecule has 2 heterocycles. The molecule has 2 aromatic heterocycles. The molecule has 0 aliphatic heterocycles. The Balaban J connectivity index is 1.60. The summed E-state index contributed by atoms with van der Waals surface area (Å²) in [5.41, 5.74) is 2.44. The molecule has 3 rings (SSSR count). The third-order valence-electron chi connectivity index (χ3n) is 4.76. The second-order valence-electron chi connectivity index (χ2n) is 7.23. The highest BCUT2D eigenvalue weighted by atomic mass is 16.2. The molecular formula is C21H24N4O2. The molecule has 1 aromatic carbocycles. The fourth-order valence-electron chi connectivity index (χ4n) is 3.22. The van der Waals surface area contributed by atoms with Crippen molar-refractivity contribution in [2.75, 3.05) is 6.54 Å². The van der Waals surface area contributed by atoms with Crippen LogP contribution in [0.2, 0.25) is 0 Å². The van der Waals surface area contributed by atoms with E-state index in [0.717, 1.165) is 24.0 Å². The van der Waals surface area contributed by atoms with Crippen molar-refractivity contribution in [3.63, 3.8) is 0 Å². The van der Waals surface area contributed by atoms with E-state index >= 15 is 0 Å². The minimum absolute atomic E-state index is 0.110. The number of nitrogens with one attached hydrogen (secondary N) is 1. The Morgan fingerprint density at radius 1 is 1.07 bits per heavy atom. The molecule has 6 nitrogen and oxygen atoms in total. The summed E-state index contributed by atoms with van der Waals surface area (Å²) in [7, 11) is 0. The number of rotatable bonds is 7. The number of fused-ring (bicyclic) bond motifs is 1. The summed E-state index contributed by atoms with van der Waals surface area (Å²) in [6, 6.07) is 10.7. The van der Waals surface area contributed by atoms with Gasteiger partial charge in [-0.3, -0.25) is 9.59 Å². The molecule has 0 radical (unpaired) electrons. The molecule has 0 fully saturated rings. The summed E-state index contributed by atoms with van der Waals surface area (Å²) in [4.78, 5) is 32.9. The van der Waals surface area contributed by atoms with Crippen molar-refractivity contribution in [1.82, 2.24) is 19.9 Å². The maximum atomic E-state index is 12.4. The van der Waals surface area contributed by atoms with Crippen molar-refractivity contribution in [3.8, 4) is 0 Å². The van der Waals surface area contributed by atoms with E-state index < -0.39 is 0 Å². The van der Waals surface area contributed by atoms with Gasteiger partial charge in [-0.2, -0.15) is 0 Å². The lowest BCUT2D eigenvalue weighted by atomic mass is 9.98. The number of pyridine rings is 1. The van der Waals surface area contributed by atoms with E-state index in [1.165, 1.54) is 6.92 Å². The van der Waals surface area contributed by atoms with Crippen LogP contribution in [0.4, 0.5) is 0 Å². The monoisotopic (exact) mass is 364 g/mol. The molecule has 6 heteroatoms. The van der Waals surface area contributed by atoms with Crippen LogP contribution < -0.4 is 5.32 Å². The van der Waals surface area contributed by atoms with Crippen LogP contribution in [0.1, 0.15) is 54.3 Å². The van der Waals surface area contributed by atoms with Crippen LogP contribution in [0.5, 0.6) is 0 Å². The van der Waals surface area contributed by atoms with Crippen LogP contribution in [-0.4, -0.2) is 32.8 Å². The molecule has 0 unspecified atom stereocenters. The van der Waals surface area contributed by atoms with Crippen molar-refractivity contribution in [3.05, 3.63) is 60.0 Å². The largest absolute Gasteiger partial charge is 0.352 e. The van der Waals surface area contributed by atoms with Gasteiger partial charge in [-0.15, -0.1) is 0 Å². The van der Waals surface area contributed by atoms with Gasteiger partial charge in [-0.25, -0.2) is 9.97 Å². The van der Waals surface area contributed by atoms with Crippen molar-refractivity contribution in [2.45, 2.75) is 39.2 Å². The lowest BCUT2D eigenvalue weighted by Gasteiger charge is -2.27. The first kappa shape index (κ1) is 18.8. The SMILES string of the molecule is CC(=O)c1ccccc1C(=O)NCCCC(C)(C)n1cnc2cccnc21. The topological polar surface area (TPSA) is 76.9 Å². The van der Waals surface area contributed by atoms with E-state index in [9.17, 15) is 9.59 Å². The maximum absolute atomic E-state index is 12.4. The smallest absolute Gasteiger partial charge is 0.252 e. The number of benzene rings is 1. The Morgan fingerprint density at radius 2 is 1.81 bits per heavy atom. The zero-order valence-corrected chi connectivity index (χ0v) is 15.9. The van der Waals surface area contributed by atoms with Crippen molar-refractivity contribution < 1.29 is 9.59 Å². The zero-order valence-electron chi connectivity index (χ0n) is 15.9. The summed E-state index contributed by atoms with van der Waals surface area (Å²) in [5, 5.41) is 2.92. The predicted molar refractivity (Wildman–Crippen MR) is 105 cm³/mol. The van der Waals surface area contributed by atoms with Gasteiger partial charge in [0.25, 0.3) is 5.91 Å². The number of nitrogens with zero attached hydrogens (tertiary/aromatic N) is 3. The summed E-state index contributed by atoms with van der Waals surface area (Å²) in [6.45, 7) is 6.28. The highest BCUT2D eigenvalue weighted by molar-refractivity contribution is 6.07. The summed E-state index contributed by atoms with van der Waals surface area (Å²) in [5.74, 6) is -0.324. The average Bonchev–Trinajstić information content (AvgIpc) is 3.10. The molecule has 1 amide bonds. The van der Waals surface area contributed by atoms with Crippen LogP contribution in [0.3, 0.4) is 0 Å². The van der Waals surface area contributed by atoms with E-state index in [1.54, 1.807) is 30.5 Å². The number of amides is 1. The number of carbonyl (C=O) groups excluding carboxylic acids is 2. The van der Waals surface area contributed by atoms with E-state index in [-0.39, 0.29) is 17.2 Å². The van der Waals surface area contributed by atoms with E-state index in [0.29, 0.717) is 17.7 Å². The van der Waals surface area contributed by atoms with Gasteiger partial charge in [-0.05, 0) is 51.8 Å². The van der Waals surface area contributed by atoms with Crippen LogP contribution >= 0.6 is 0 Å². The van der Waals surface area contributed by atoms with Gasteiger partial charge < -0.3 is 9.88 Å². The van der Waals surface area contributed by atoms with Crippen molar-refractivity contribution >= 4 is 22.9 Å². The van der Waals surface area contributed by atoms with Crippen molar-refractivity contribution in [2.24, 2.45) is 0 Å². The quantitative estimate of drug-likeness (QED) is 0.513. The number of carbonyl (C=O) groups is 2. The normalized spacial score (nSPS) is 11.5. The first-order chi connectivity index (χ1) is 12.9. The molecule has 140 valence electrons. The van der Waals surface area contributed by atoms with Gasteiger partial charge in [0, 0.05) is 23.8 Å². The van der Waals surface area contributed by atoms with Gasteiger partial charge in [-0.1, -0.05) is 18.2 Å². The molecule has 0 spiro atoms. The average molecular weight is 364 g/mol. The number of hydrogen-bond acceptors (Lipinski definition) is 4. The van der Waals surface area contributed by atoms with Crippen molar-refractivity contribution in [1.29, 1.82) is 0 Å². The van der Waals surface area contributed by atoms with E-state index in [1.807, 2.05) is 18.5 Å². The first-order valence-corrected chi connectivity index (χ1v) is 9.07. The molecule has 0 aliphatic carbocycles. The summed E-state index contributed by atoms with van der Waals surface area (Å²) in [6.07, 6.45) is 5.24. The number of ketones is 1. The van der Waals surface area contributed by atoms with Gasteiger partial charge in [0.1, 0.15) is 5.52 Å². The number of imidazole rings is 1. The number of Topliss-reactive ketones (excluding diaryl/α,β-unsaturated/α-hetero) is 1. The van der Waals surface area contributed by atoms with Crippen LogP contribution in [0.25, 0.3) is 11.2 Å². The summed E-state index contributed by atoms with van der Waals surface area (Å²) < 4.78 is 2.08. The molecule has 0 bridgehead atoms. The standard InChI is InChI=1S/C21H24N4O2/c1-15(26)16-8-4-5-9-17(16)20(27)23-13-7-11-21(2,3)25-14-24-18-10-6-12-22-19(18)25/h4-6,8-10,12,14H,7,11,13H2,1-3H3,(H,23,27). The van der Waals surface area contributed by atoms with Crippen LogP contribution in [0.15, 0.2) is 48.9 Å². The Bertz CT molecular complexity index is 975. The molecule has 0 saturated heterocycles. The fraction of sp³-hybridized carbons (Fsp3) is 0.333. The highest BCUT2D eigenvalue weighted by Crippen LogP contribution is 2.25. The second-order valence-corrected chi connectivity index (χ2v) is 7.23. The number of hydrogen-bond donors (Lipinski definition) is 1. The minimum Gasteiger partial charge on any atom is -0.352 e. The molecule has 27 heavy (non-hydrogen) atoms. The van der Waals surface area contributed by atoms with E-state index in [2.05, 4.69) is 33.7 Å². The molecule has 0 aliphatic rings. The van der Waals surface area contributed by atoms with E-state index in [4.69, 9.17) is 0 Å². The Hall–Kier alpha value is -3.02. The molecule has 0 atom stereocenters. The van der Waals surface area contributed by atoms with Gasteiger partial charge in [0.05, 0.1) is 11.9 Å². The molecule has 0 saturated carbocycles. The van der Waals surface area contributed by atoms with Crippen LogP contribution in [-0.2, 0) is 5.54 Å². The lowest BCUT2D eigenvalue weighted by molar-refractivity contribution is 0.0937. The molecular weight excluding hydrogens is 340 g/mol. The fourth-order valence-corrected chi connectivity index (χ4v) is 3.22. The Morgan fingerprint density at radius 3 is 2.56 bits per heavy atom. The first-order valence-electron chi connectivity index (χ1n) is 9.07. The molecule has 1 N–H and O–H groups in total. The van der Waals surface area contributed by atoms with Crippen LogP contribution in [0, 0.1) is 0 Å². The number of aromatic nitrogens is 3. The third-order valence-corrected chi connectivity index (χ3v) is 4.76. The van der Waals surface area contributed by atoms with Gasteiger partial charge in [0.15, 0.2) is 11.4 Å². The second kappa shape index (κ2) is 7.70. The third kappa shape index (κ3) is 4.05. The molecule has 3 aromatic rings. The Labute approximate surface area is 158 Å².